The predicted molar refractivity (Wildman–Crippen MR) is 108 cm³/mol. The van der Waals surface area contributed by atoms with Gasteiger partial charge in [-0.15, -0.1) is 0 Å². The SMILES string of the molecule is CC(=O)Nc1ccc(OCCCC2CCN(C(=O)OC(C)(C)C)CC2)cc1F.[HH]. The third-order valence-electron chi connectivity index (χ3n) is 4.54. The average molecular weight is 397 g/mol. The van der Waals surface area contributed by atoms with Crippen molar-refractivity contribution in [3.05, 3.63) is 24.0 Å². The lowest BCUT2D eigenvalue weighted by Gasteiger charge is -2.33. The van der Waals surface area contributed by atoms with Crippen molar-refractivity contribution in [1.29, 1.82) is 0 Å². The number of likely N-dealkylation sites (tertiary alicyclic amines) is 1. The molecule has 0 aromatic heterocycles. The maximum Gasteiger partial charge on any atom is 0.410 e. The van der Waals surface area contributed by atoms with Gasteiger partial charge in [0.1, 0.15) is 17.2 Å². The molecule has 28 heavy (non-hydrogen) atoms. The first-order chi connectivity index (χ1) is 13.1. The molecule has 1 fully saturated rings. The molecular weight excluding hydrogens is 363 g/mol. The van der Waals surface area contributed by atoms with Crippen LogP contribution in [0, 0.1) is 11.7 Å². The van der Waals surface area contributed by atoms with Crippen LogP contribution in [-0.4, -0.2) is 42.2 Å². The highest BCUT2D eigenvalue weighted by molar-refractivity contribution is 5.88. The monoisotopic (exact) mass is 396 g/mol. The Morgan fingerprint density at radius 1 is 1.29 bits per heavy atom. The minimum absolute atomic E-state index is 0. The number of amides is 2. The zero-order valence-corrected chi connectivity index (χ0v) is 17.2. The second-order valence-electron chi connectivity index (χ2n) is 8.22. The van der Waals surface area contributed by atoms with Gasteiger partial charge in [0.05, 0.1) is 12.3 Å². The lowest BCUT2D eigenvalue weighted by Crippen LogP contribution is -2.41. The van der Waals surface area contributed by atoms with E-state index in [-0.39, 0.29) is 19.1 Å². The molecule has 1 N–H and O–H groups in total. The number of halogens is 1. The van der Waals surface area contributed by atoms with E-state index in [0.717, 1.165) is 38.8 Å². The van der Waals surface area contributed by atoms with Crippen molar-refractivity contribution in [1.82, 2.24) is 4.90 Å². The van der Waals surface area contributed by atoms with E-state index < -0.39 is 11.4 Å². The highest BCUT2D eigenvalue weighted by Crippen LogP contribution is 2.24. The van der Waals surface area contributed by atoms with Crippen LogP contribution in [0.1, 0.15) is 54.8 Å². The summed E-state index contributed by atoms with van der Waals surface area (Å²) in [5.41, 5.74) is -0.318. The van der Waals surface area contributed by atoms with Crippen LogP contribution in [0.15, 0.2) is 18.2 Å². The molecule has 158 valence electrons. The number of piperidine rings is 1. The van der Waals surface area contributed by atoms with Gasteiger partial charge in [0, 0.05) is 27.5 Å². The van der Waals surface area contributed by atoms with E-state index in [9.17, 15) is 14.0 Å². The number of hydrogen-bond acceptors (Lipinski definition) is 4. The molecule has 1 heterocycles. The van der Waals surface area contributed by atoms with E-state index in [1.54, 1.807) is 11.0 Å². The third-order valence-corrected chi connectivity index (χ3v) is 4.54. The van der Waals surface area contributed by atoms with Crippen molar-refractivity contribution in [2.75, 3.05) is 25.0 Å². The molecule has 2 rings (SSSR count). The first kappa shape index (κ1) is 22.0. The molecule has 1 aliphatic heterocycles. The number of benzene rings is 1. The van der Waals surface area contributed by atoms with Gasteiger partial charge < -0.3 is 19.7 Å². The minimum atomic E-state index is -0.512. The van der Waals surface area contributed by atoms with Crippen LogP contribution in [0.5, 0.6) is 5.75 Å². The van der Waals surface area contributed by atoms with Crippen LogP contribution in [0.25, 0.3) is 0 Å². The molecular formula is C21H33FN2O4. The lowest BCUT2D eigenvalue weighted by molar-refractivity contribution is -0.114. The first-order valence-electron chi connectivity index (χ1n) is 9.82. The van der Waals surface area contributed by atoms with Gasteiger partial charge in [-0.3, -0.25) is 4.79 Å². The number of ether oxygens (including phenoxy) is 2. The van der Waals surface area contributed by atoms with Crippen molar-refractivity contribution >= 4 is 17.7 Å². The number of carbonyl (C=O) groups is 2. The normalized spacial score (nSPS) is 15.2. The minimum Gasteiger partial charge on any atom is -0.493 e. The number of anilines is 1. The van der Waals surface area contributed by atoms with E-state index in [2.05, 4.69) is 5.32 Å². The zero-order valence-electron chi connectivity index (χ0n) is 17.2. The smallest absolute Gasteiger partial charge is 0.410 e. The van der Waals surface area contributed by atoms with Gasteiger partial charge >= 0.3 is 6.09 Å². The van der Waals surface area contributed by atoms with E-state index in [1.165, 1.54) is 19.1 Å². The summed E-state index contributed by atoms with van der Waals surface area (Å²) in [4.78, 5) is 24.8. The van der Waals surface area contributed by atoms with Crippen LogP contribution in [0.4, 0.5) is 14.9 Å². The molecule has 2 amide bonds. The zero-order chi connectivity index (χ0) is 20.7. The van der Waals surface area contributed by atoms with Crippen LogP contribution in [0.3, 0.4) is 0 Å². The molecule has 6 nitrogen and oxygen atoms in total. The Morgan fingerprint density at radius 2 is 1.96 bits per heavy atom. The number of nitrogens with one attached hydrogen (secondary N) is 1. The second kappa shape index (κ2) is 9.75. The van der Waals surface area contributed by atoms with Gasteiger partial charge in [0.25, 0.3) is 0 Å². The summed E-state index contributed by atoms with van der Waals surface area (Å²) in [5, 5.41) is 2.43. The molecule has 1 aromatic rings. The van der Waals surface area contributed by atoms with Gasteiger partial charge in [0.2, 0.25) is 5.91 Å². The summed E-state index contributed by atoms with van der Waals surface area (Å²) in [5.74, 6) is 0.181. The number of hydrogen-bond donors (Lipinski definition) is 1. The molecule has 7 heteroatoms. The molecule has 0 radical (unpaired) electrons. The quantitative estimate of drug-likeness (QED) is 0.699. The fourth-order valence-corrected chi connectivity index (χ4v) is 3.17. The van der Waals surface area contributed by atoms with E-state index in [4.69, 9.17) is 9.47 Å². The molecule has 0 bridgehead atoms. The van der Waals surface area contributed by atoms with E-state index in [0.29, 0.717) is 18.3 Å². The van der Waals surface area contributed by atoms with Gasteiger partial charge in [-0.25, -0.2) is 9.18 Å². The predicted octanol–water partition coefficient (Wildman–Crippen LogP) is 4.84. The summed E-state index contributed by atoms with van der Waals surface area (Å²) in [6.07, 6.45) is 3.55. The standard InChI is InChI=1S/C21H31FN2O4.H2/c1-15(25)23-19-8-7-17(14-18(19)22)27-13-5-6-16-9-11-24(12-10-16)20(26)28-21(2,3)4;/h7-8,14,16H,5-6,9-13H2,1-4H3,(H,23,25);1H. The lowest BCUT2D eigenvalue weighted by atomic mass is 9.92. The second-order valence-corrected chi connectivity index (χ2v) is 8.22. The highest BCUT2D eigenvalue weighted by Gasteiger charge is 2.26. The number of rotatable bonds is 6. The topological polar surface area (TPSA) is 67.9 Å². The first-order valence-corrected chi connectivity index (χ1v) is 9.82. The largest absolute Gasteiger partial charge is 0.493 e. The Bertz CT molecular complexity index is 686. The number of nitrogens with zero attached hydrogens (tertiary/aromatic N) is 1. The van der Waals surface area contributed by atoms with Crippen molar-refractivity contribution in [3.8, 4) is 5.75 Å². The van der Waals surface area contributed by atoms with Gasteiger partial charge in [-0.2, -0.15) is 0 Å². The fourth-order valence-electron chi connectivity index (χ4n) is 3.17. The van der Waals surface area contributed by atoms with Crippen molar-refractivity contribution in [2.45, 2.75) is 59.0 Å². The average Bonchev–Trinajstić information content (AvgIpc) is 2.59. The van der Waals surface area contributed by atoms with Crippen LogP contribution < -0.4 is 10.1 Å². The maximum absolute atomic E-state index is 13.9. The summed E-state index contributed by atoms with van der Waals surface area (Å²) in [6.45, 7) is 8.89. The molecule has 0 saturated carbocycles. The molecule has 1 aromatic carbocycles. The van der Waals surface area contributed by atoms with E-state index in [1.807, 2.05) is 20.8 Å². The summed E-state index contributed by atoms with van der Waals surface area (Å²) < 4.78 is 24.9. The van der Waals surface area contributed by atoms with Crippen LogP contribution in [0.2, 0.25) is 0 Å². The fraction of sp³-hybridized carbons (Fsp3) is 0.619. The summed E-state index contributed by atoms with van der Waals surface area (Å²) in [6, 6.07) is 4.43. The maximum atomic E-state index is 13.9. The summed E-state index contributed by atoms with van der Waals surface area (Å²) in [7, 11) is 0. The number of carbonyl (C=O) groups excluding carboxylic acids is 2. The van der Waals surface area contributed by atoms with Crippen molar-refractivity contribution < 1.29 is 24.9 Å². The molecule has 1 aliphatic rings. The Labute approximate surface area is 167 Å². The van der Waals surface area contributed by atoms with Crippen molar-refractivity contribution in [3.63, 3.8) is 0 Å². The highest BCUT2D eigenvalue weighted by atomic mass is 19.1. The molecule has 0 atom stereocenters. The van der Waals surface area contributed by atoms with Gasteiger partial charge in [0.15, 0.2) is 0 Å². The third kappa shape index (κ3) is 7.37. The van der Waals surface area contributed by atoms with E-state index >= 15 is 0 Å². The molecule has 0 spiro atoms. The van der Waals surface area contributed by atoms with Crippen LogP contribution in [-0.2, 0) is 9.53 Å². The van der Waals surface area contributed by atoms with Crippen LogP contribution >= 0.6 is 0 Å². The Hall–Kier alpha value is -2.31. The van der Waals surface area contributed by atoms with Gasteiger partial charge in [-0.05, 0) is 64.5 Å². The molecule has 0 unspecified atom stereocenters. The molecule has 1 saturated heterocycles. The Morgan fingerprint density at radius 3 is 2.54 bits per heavy atom. The molecule has 0 aliphatic carbocycles. The van der Waals surface area contributed by atoms with Gasteiger partial charge in [-0.1, -0.05) is 0 Å². The summed E-state index contributed by atoms with van der Waals surface area (Å²) >= 11 is 0. The van der Waals surface area contributed by atoms with Crippen molar-refractivity contribution in [2.24, 2.45) is 5.92 Å². The Balaban J connectivity index is 0.00000420. The Kier molecular flexibility index (Phi) is 7.66.